The number of aromatic nitrogens is 1. The first-order chi connectivity index (χ1) is 14.5. The van der Waals surface area contributed by atoms with Crippen molar-refractivity contribution in [3.8, 4) is 5.88 Å². The van der Waals surface area contributed by atoms with E-state index in [4.69, 9.17) is 16.3 Å². The maximum atomic E-state index is 13.2. The number of rotatable bonds is 6. The zero-order chi connectivity index (χ0) is 21.3. The van der Waals surface area contributed by atoms with Crippen molar-refractivity contribution in [2.75, 3.05) is 13.7 Å². The van der Waals surface area contributed by atoms with E-state index in [1.54, 1.807) is 25.5 Å². The van der Waals surface area contributed by atoms with Gasteiger partial charge in [-0.1, -0.05) is 35.9 Å². The molecule has 156 valence electrons. The Morgan fingerprint density at radius 2 is 2.07 bits per heavy atom. The van der Waals surface area contributed by atoms with Crippen LogP contribution in [0.4, 0.5) is 4.79 Å². The number of nitrogens with one attached hydrogen (secondary N) is 1. The number of hydrogen-bond acceptors (Lipinski definition) is 4. The van der Waals surface area contributed by atoms with Gasteiger partial charge in [-0.15, -0.1) is 0 Å². The summed E-state index contributed by atoms with van der Waals surface area (Å²) in [7, 11) is 1.60. The van der Waals surface area contributed by atoms with Crippen molar-refractivity contribution in [2.45, 2.75) is 31.8 Å². The number of amides is 2. The number of methoxy groups -OCH3 is 1. The van der Waals surface area contributed by atoms with Crippen molar-refractivity contribution in [3.63, 3.8) is 0 Å². The van der Waals surface area contributed by atoms with Crippen LogP contribution < -0.4 is 10.1 Å². The molecule has 30 heavy (non-hydrogen) atoms. The Labute approximate surface area is 180 Å². The van der Waals surface area contributed by atoms with Gasteiger partial charge in [0.1, 0.15) is 0 Å². The Hall–Kier alpha value is -2.86. The summed E-state index contributed by atoms with van der Waals surface area (Å²) in [6.07, 6.45) is 8.64. The van der Waals surface area contributed by atoms with E-state index >= 15 is 0 Å². The minimum Gasteiger partial charge on any atom is -0.481 e. The summed E-state index contributed by atoms with van der Waals surface area (Å²) in [6.45, 7) is 2.68. The number of nitrogens with zero attached hydrogens (tertiary/aromatic N) is 2. The van der Waals surface area contributed by atoms with E-state index in [2.05, 4.69) is 10.3 Å². The number of hydrogen-bond donors (Lipinski definition) is 1. The van der Waals surface area contributed by atoms with Crippen LogP contribution in [-0.4, -0.2) is 41.4 Å². The molecule has 1 aromatic heterocycles. The number of pyridine rings is 1. The fraction of sp³-hybridized carbons (Fsp3) is 0.348. The largest absolute Gasteiger partial charge is 0.481 e. The number of carbonyl (C=O) groups is 2. The Morgan fingerprint density at radius 3 is 2.73 bits per heavy atom. The highest BCUT2D eigenvalue weighted by Gasteiger charge is 2.32. The summed E-state index contributed by atoms with van der Waals surface area (Å²) in [5.74, 6) is 0.830. The van der Waals surface area contributed by atoms with Gasteiger partial charge in [0.25, 0.3) is 0 Å². The molecule has 0 aliphatic heterocycles. The number of ketones is 1. The summed E-state index contributed by atoms with van der Waals surface area (Å²) in [5, 5.41) is 5.01. The number of halogens is 1. The SMILES string of the molecule is COc1ncc(C(C)N(CC2CC2)C(=O)NC2C=CC(=O)C(Cl)=C2)c2ccccc12. The molecule has 1 fully saturated rings. The molecule has 2 unspecified atom stereocenters. The first-order valence-electron chi connectivity index (χ1n) is 10.1. The van der Waals surface area contributed by atoms with Crippen molar-refractivity contribution in [3.05, 3.63) is 59.3 Å². The number of ether oxygens (including phenoxy) is 1. The van der Waals surface area contributed by atoms with E-state index in [1.807, 2.05) is 36.1 Å². The van der Waals surface area contributed by atoms with Gasteiger partial charge in [-0.05, 0) is 49.3 Å². The van der Waals surface area contributed by atoms with E-state index in [0.29, 0.717) is 18.3 Å². The predicted molar refractivity (Wildman–Crippen MR) is 117 cm³/mol. The van der Waals surface area contributed by atoms with Gasteiger partial charge in [0, 0.05) is 23.7 Å². The van der Waals surface area contributed by atoms with Gasteiger partial charge in [0.2, 0.25) is 5.88 Å². The topological polar surface area (TPSA) is 71.5 Å². The number of benzene rings is 1. The van der Waals surface area contributed by atoms with Crippen molar-refractivity contribution >= 4 is 34.2 Å². The molecule has 1 heterocycles. The maximum Gasteiger partial charge on any atom is 0.318 e. The molecule has 2 amide bonds. The van der Waals surface area contributed by atoms with Crippen LogP contribution in [0, 0.1) is 5.92 Å². The lowest BCUT2D eigenvalue weighted by Crippen LogP contribution is -2.46. The fourth-order valence-electron chi connectivity index (χ4n) is 3.73. The lowest BCUT2D eigenvalue weighted by molar-refractivity contribution is -0.110. The van der Waals surface area contributed by atoms with E-state index in [0.717, 1.165) is 29.2 Å². The van der Waals surface area contributed by atoms with Crippen molar-refractivity contribution in [1.82, 2.24) is 15.2 Å². The summed E-state index contributed by atoms with van der Waals surface area (Å²) in [4.78, 5) is 31.1. The molecule has 0 bridgehead atoms. The van der Waals surface area contributed by atoms with Crippen molar-refractivity contribution in [1.29, 1.82) is 0 Å². The smallest absolute Gasteiger partial charge is 0.318 e. The van der Waals surface area contributed by atoms with Crippen LogP contribution in [0.1, 0.15) is 31.4 Å². The average molecular weight is 426 g/mol. The zero-order valence-corrected chi connectivity index (χ0v) is 17.7. The molecule has 0 spiro atoms. The summed E-state index contributed by atoms with van der Waals surface area (Å²) < 4.78 is 5.41. The third-order valence-electron chi connectivity index (χ3n) is 5.62. The molecule has 0 saturated heterocycles. The van der Waals surface area contributed by atoms with E-state index in [9.17, 15) is 9.59 Å². The van der Waals surface area contributed by atoms with E-state index < -0.39 is 6.04 Å². The predicted octanol–water partition coefficient (Wildman–Crippen LogP) is 4.36. The van der Waals surface area contributed by atoms with Gasteiger partial charge in [0.15, 0.2) is 5.78 Å². The van der Waals surface area contributed by atoms with Crippen LogP contribution in [0.2, 0.25) is 0 Å². The Bertz CT molecular complexity index is 1050. The summed E-state index contributed by atoms with van der Waals surface area (Å²) >= 11 is 5.95. The van der Waals surface area contributed by atoms with Gasteiger partial charge >= 0.3 is 6.03 Å². The molecule has 2 atom stereocenters. The van der Waals surface area contributed by atoms with E-state index in [-0.39, 0.29) is 22.9 Å². The molecule has 2 aliphatic rings. The molecule has 1 N–H and O–H groups in total. The lowest BCUT2D eigenvalue weighted by atomic mass is 10.0. The molecule has 2 aromatic rings. The van der Waals surface area contributed by atoms with Crippen molar-refractivity contribution in [2.24, 2.45) is 5.92 Å². The highest BCUT2D eigenvalue weighted by atomic mass is 35.5. The number of carbonyl (C=O) groups excluding carboxylic acids is 2. The Kier molecular flexibility index (Phi) is 5.77. The lowest BCUT2D eigenvalue weighted by Gasteiger charge is -2.31. The van der Waals surface area contributed by atoms with Crippen LogP contribution in [-0.2, 0) is 4.79 Å². The third kappa shape index (κ3) is 4.19. The van der Waals surface area contributed by atoms with Gasteiger partial charge in [0.05, 0.1) is 24.2 Å². The van der Waals surface area contributed by atoms with Crippen LogP contribution in [0.25, 0.3) is 10.8 Å². The average Bonchev–Trinajstić information content (AvgIpc) is 3.57. The zero-order valence-electron chi connectivity index (χ0n) is 17.0. The first-order valence-corrected chi connectivity index (χ1v) is 10.4. The molecule has 0 radical (unpaired) electrons. The molecule has 4 rings (SSSR count). The van der Waals surface area contributed by atoms with Crippen LogP contribution >= 0.6 is 11.6 Å². The molecule has 6 nitrogen and oxygen atoms in total. The molecule has 1 saturated carbocycles. The second kappa shape index (κ2) is 8.48. The van der Waals surface area contributed by atoms with Gasteiger partial charge in [-0.2, -0.15) is 0 Å². The Morgan fingerprint density at radius 1 is 1.33 bits per heavy atom. The fourth-order valence-corrected chi connectivity index (χ4v) is 3.93. The molecular formula is C23H24ClN3O3. The standard InChI is InChI=1S/C23H24ClN3O3/c1-14(19-12-25-22(30-2)18-6-4-3-5-17(18)19)27(13-15-7-8-15)23(29)26-16-9-10-21(28)20(24)11-16/h3-6,9-12,14-16H,7-8,13H2,1-2H3,(H,26,29). The monoisotopic (exact) mass is 425 g/mol. The van der Waals surface area contributed by atoms with Gasteiger partial charge in [-0.25, -0.2) is 9.78 Å². The molecule has 7 heteroatoms. The number of urea groups is 1. The molecular weight excluding hydrogens is 402 g/mol. The summed E-state index contributed by atoms with van der Waals surface area (Å²) in [5.41, 5.74) is 0.963. The maximum absolute atomic E-state index is 13.2. The number of fused-ring (bicyclic) bond motifs is 1. The minimum atomic E-state index is -0.415. The third-order valence-corrected chi connectivity index (χ3v) is 5.93. The van der Waals surface area contributed by atoms with Crippen molar-refractivity contribution < 1.29 is 14.3 Å². The highest BCUT2D eigenvalue weighted by Crippen LogP contribution is 2.36. The summed E-state index contributed by atoms with van der Waals surface area (Å²) in [6, 6.07) is 7.11. The minimum absolute atomic E-state index is 0.120. The highest BCUT2D eigenvalue weighted by molar-refractivity contribution is 6.44. The molecule has 1 aromatic carbocycles. The van der Waals surface area contributed by atoms with E-state index in [1.165, 1.54) is 6.08 Å². The van der Waals surface area contributed by atoms with Gasteiger partial charge < -0.3 is 15.0 Å². The van der Waals surface area contributed by atoms with Crippen LogP contribution in [0.3, 0.4) is 0 Å². The van der Waals surface area contributed by atoms with Gasteiger partial charge in [-0.3, -0.25) is 4.79 Å². The second-order valence-electron chi connectivity index (χ2n) is 7.75. The quantitative estimate of drug-likeness (QED) is 0.746. The molecule has 2 aliphatic carbocycles. The normalized spacial score (nSPS) is 19.4. The van der Waals surface area contributed by atoms with Crippen LogP contribution in [0.5, 0.6) is 5.88 Å². The Balaban J connectivity index is 1.62. The van der Waals surface area contributed by atoms with Crippen LogP contribution in [0.15, 0.2) is 53.7 Å². The second-order valence-corrected chi connectivity index (χ2v) is 8.16. The number of allylic oxidation sites excluding steroid dienone is 2. The first kappa shape index (κ1) is 20.4.